The van der Waals surface area contributed by atoms with Gasteiger partial charge in [0, 0.05) is 26.3 Å². The first kappa shape index (κ1) is 19.0. The number of anilines is 1. The second-order valence-corrected chi connectivity index (χ2v) is 7.33. The first-order chi connectivity index (χ1) is 12.9. The molecule has 0 aliphatic carbocycles. The number of hydrogen-bond donors (Lipinski definition) is 1. The molecular weight excluding hydrogens is 366 g/mol. The Hall–Kier alpha value is -2.81. The number of nitrogens with one attached hydrogen (secondary N) is 1. The molecule has 9 heteroatoms. The summed E-state index contributed by atoms with van der Waals surface area (Å²) >= 11 is 1.30. The van der Waals surface area contributed by atoms with Crippen LogP contribution in [0.25, 0.3) is 0 Å². The van der Waals surface area contributed by atoms with Crippen molar-refractivity contribution in [3.8, 4) is 5.75 Å². The standard InChI is InChI=1S/C18H21N5O3S/c1-11-4-5-13(10-12(11)2)26-9-8-15-20-21-18(27-15)19-17(25)14-6-7-16(24)23(3)22-14/h4-5,10H,6-9H2,1-3H3,(H,19,21,25). The average Bonchev–Trinajstić information content (AvgIpc) is 3.07. The van der Waals surface area contributed by atoms with Gasteiger partial charge in [-0.3, -0.25) is 14.9 Å². The topological polar surface area (TPSA) is 96.8 Å². The third-order valence-corrected chi connectivity index (χ3v) is 5.12. The molecule has 2 amide bonds. The Balaban J connectivity index is 1.51. The Morgan fingerprint density at radius 2 is 2.07 bits per heavy atom. The molecule has 1 aliphatic rings. The summed E-state index contributed by atoms with van der Waals surface area (Å²) in [5.74, 6) is 0.363. The number of carbonyl (C=O) groups is 2. The zero-order chi connectivity index (χ0) is 19.4. The van der Waals surface area contributed by atoms with E-state index in [0.29, 0.717) is 30.3 Å². The highest BCUT2D eigenvalue weighted by atomic mass is 32.1. The molecule has 0 saturated heterocycles. The van der Waals surface area contributed by atoms with Crippen LogP contribution in [-0.2, 0) is 16.0 Å². The van der Waals surface area contributed by atoms with Gasteiger partial charge < -0.3 is 4.74 Å². The second-order valence-electron chi connectivity index (χ2n) is 6.26. The van der Waals surface area contributed by atoms with Crippen LogP contribution in [0, 0.1) is 13.8 Å². The Labute approximate surface area is 161 Å². The quantitative estimate of drug-likeness (QED) is 0.820. The molecular formula is C18H21N5O3S. The number of aryl methyl sites for hydroxylation is 2. The summed E-state index contributed by atoms with van der Waals surface area (Å²) in [5.41, 5.74) is 2.73. The third-order valence-electron chi connectivity index (χ3n) is 4.22. The summed E-state index contributed by atoms with van der Waals surface area (Å²) < 4.78 is 5.75. The van der Waals surface area contributed by atoms with Gasteiger partial charge in [0.05, 0.1) is 6.61 Å². The van der Waals surface area contributed by atoms with Crippen molar-refractivity contribution in [3.63, 3.8) is 0 Å². The summed E-state index contributed by atoms with van der Waals surface area (Å²) in [5, 5.41) is 17.1. The lowest BCUT2D eigenvalue weighted by atomic mass is 10.1. The monoisotopic (exact) mass is 387 g/mol. The van der Waals surface area contributed by atoms with Crippen molar-refractivity contribution in [2.45, 2.75) is 33.1 Å². The fraction of sp³-hybridized carbons (Fsp3) is 0.389. The molecule has 1 aromatic heterocycles. The first-order valence-corrected chi connectivity index (χ1v) is 9.42. The molecule has 0 fully saturated rings. The average molecular weight is 387 g/mol. The van der Waals surface area contributed by atoms with Gasteiger partial charge in [0.2, 0.25) is 11.0 Å². The minimum absolute atomic E-state index is 0.103. The van der Waals surface area contributed by atoms with E-state index in [1.807, 2.05) is 25.1 Å². The van der Waals surface area contributed by atoms with Crippen molar-refractivity contribution in [3.05, 3.63) is 34.3 Å². The van der Waals surface area contributed by atoms with E-state index < -0.39 is 0 Å². The number of rotatable bonds is 6. The molecule has 1 N–H and O–H groups in total. The largest absolute Gasteiger partial charge is 0.493 e. The molecule has 0 saturated carbocycles. The molecule has 142 valence electrons. The summed E-state index contributed by atoms with van der Waals surface area (Å²) in [6, 6.07) is 5.98. The molecule has 0 unspecified atom stereocenters. The number of benzene rings is 1. The van der Waals surface area contributed by atoms with E-state index in [4.69, 9.17) is 4.74 Å². The normalized spacial score (nSPS) is 14.1. The minimum atomic E-state index is -0.358. The van der Waals surface area contributed by atoms with E-state index in [1.54, 1.807) is 0 Å². The molecule has 27 heavy (non-hydrogen) atoms. The van der Waals surface area contributed by atoms with Gasteiger partial charge in [-0.2, -0.15) is 5.10 Å². The van der Waals surface area contributed by atoms with Crippen molar-refractivity contribution in [1.29, 1.82) is 0 Å². The predicted molar refractivity (Wildman–Crippen MR) is 103 cm³/mol. The first-order valence-electron chi connectivity index (χ1n) is 8.60. The Morgan fingerprint density at radius 1 is 1.26 bits per heavy atom. The Kier molecular flexibility index (Phi) is 5.80. The third kappa shape index (κ3) is 4.88. The molecule has 2 heterocycles. The summed E-state index contributed by atoms with van der Waals surface area (Å²) in [6.45, 7) is 4.59. The zero-order valence-electron chi connectivity index (χ0n) is 15.5. The smallest absolute Gasteiger partial charge is 0.273 e. The number of hydrogen-bond acceptors (Lipinski definition) is 7. The number of carbonyl (C=O) groups excluding carboxylic acids is 2. The number of amides is 2. The van der Waals surface area contributed by atoms with Gasteiger partial charge in [0.15, 0.2) is 0 Å². The van der Waals surface area contributed by atoms with Crippen LogP contribution in [0.15, 0.2) is 23.3 Å². The molecule has 0 spiro atoms. The van der Waals surface area contributed by atoms with Gasteiger partial charge >= 0.3 is 0 Å². The molecule has 0 radical (unpaired) electrons. The Bertz CT molecular complexity index is 893. The maximum Gasteiger partial charge on any atom is 0.273 e. The lowest BCUT2D eigenvalue weighted by Gasteiger charge is -2.18. The molecule has 3 rings (SSSR count). The van der Waals surface area contributed by atoms with Crippen molar-refractivity contribution in [1.82, 2.24) is 15.2 Å². The molecule has 2 aromatic rings. The summed E-state index contributed by atoms with van der Waals surface area (Å²) in [4.78, 5) is 23.6. The maximum absolute atomic E-state index is 12.2. The van der Waals surface area contributed by atoms with Crippen LogP contribution >= 0.6 is 11.3 Å². The van der Waals surface area contributed by atoms with Crippen LogP contribution in [0.1, 0.15) is 29.0 Å². The van der Waals surface area contributed by atoms with Gasteiger partial charge in [0.1, 0.15) is 16.5 Å². The van der Waals surface area contributed by atoms with E-state index in [1.165, 1.54) is 34.5 Å². The predicted octanol–water partition coefficient (Wildman–Crippen LogP) is 2.32. The maximum atomic E-state index is 12.2. The van der Waals surface area contributed by atoms with Crippen LogP contribution in [-0.4, -0.2) is 46.4 Å². The zero-order valence-corrected chi connectivity index (χ0v) is 16.3. The van der Waals surface area contributed by atoms with Crippen molar-refractivity contribution in [2.75, 3.05) is 19.0 Å². The SMILES string of the molecule is Cc1ccc(OCCc2nnc(NC(=O)C3=NN(C)C(=O)CC3)s2)cc1C. The highest BCUT2D eigenvalue weighted by molar-refractivity contribution is 7.15. The van der Waals surface area contributed by atoms with Gasteiger partial charge in [-0.15, -0.1) is 10.2 Å². The van der Waals surface area contributed by atoms with E-state index in [-0.39, 0.29) is 18.2 Å². The number of hydrazone groups is 1. The minimum Gasteiger partial charge on any atom is -0.493 e. The van der Waals surface area contributed by atoms with Crippen LogP contribution in [0.4, 0.5) is 5.13 Å². The van der Waals surface area contributed by atoms with Gasteiger partial charge in [0.25, 0.3) is 5.91 Å². The molecule has 0 atom stereocenters. The molecule has 0 bridgehead atoms. The van der Waals surface area contributed by atoms with E-state index in [2.05, 4.69) is 27.5 Å². The van der Waals surface area contributed by atoms with Crippen LogP contribution in [0.2, 0.25) is 0 Å². The summed E-state index contributed by atoms with van der Waals surface area (Å²) in [7, 11) is 1.54. The van der Waals surface area contributed by atoms with Gasteiger partial charge in [-0.1, -0.05) is 17.4 Å². The van der Waals surface area contributed by atoms with Crippen LogP contribution in [0.3, 0.4) is 0 Å². The van der Waals surface area contributed by atoms with E-state index >= 15 is 0 Å². The molecule has 1 aromatic carbocycles. The van der Waals surface area contributed by atoms with Crippen molar-refractivity contribution in [2.24, 2.45) is 5.10 Å². The van der Waals surface area contributed by atoms with E-state index in [0.717, 1.165) is 10.8 Å². The lowest BCUT2D eigenvalue weighted by molar-refractivity contribution is -0.130. The fourth-order valence-corrected chi connectivity index (χ4v) is 3.18. The van der Waals surface area contributed by atoms with Gasteiger partial charge in [-0.25, -0.2) is 5.01 Å². The van der Waals surface area contributed by atoms with Crippen LogP contribution in [0.5, 0.6) is 5.75 Å². The second kappa shape index (κ2) is 8.26. The number of ether oxygens (including phenoxy) is 1. The van der Waals surface area contributed by atoms with Gasteiger partial charge in [-0.05, 0) is 37.1 Å². The van der Waals surface area contributed by atoms with Crippen LogP contribution < -0.4 is 10.1 Å². The number of aromatic nitrogens is 2. The van der Waals surface area contributed by atoms with Crippen molar-refractivity contribution < 1.29 is 14.3 Å². The fourth-order valence-electron chi connectivity index (χ4n) is 2.47. The number of nitrogens with zero attached hydrogens (tertiary/aromatic N) is 4. The molecule has 1 aliphatic heterocycles. The Morgan fingerprint density at radius 3 is 2.81 bits per heavy atom. The molecule has 8 nitrogen and oxygen atoms in total. The summed E-state index contributed by atoms with van der Waals surface area (Å²) in [6.07, 6.45) is 1.20. The van der Waals surface area contributed by atoms with E-state index in [9.17, 15) is 9.59 Å². The van der Waals surface area contributed by atoms with Crippen molar-refractivity contribution >= 4 is 34.0 Å². The highest BCUT2D eigenvalue weighted by Crippen LogP contribution is 2.19. The highest BCUT2D eigenvalue weighted by Gasteiger charge is 2.22. The lowest BCUT2D eigenvalue weighted by Crippen LogP contribution is -2.34.